The number of carbonyl (C=O) groups excluding carboxylic acids is 1. The normalized spacial score (nSPS) is 19.8. The van der Waals surface area contributed by atoms with Crippen LogP contribution < -0.4 is 11.1 Å². The third-order valence-electron chi connectivity index (χ3n) is 4.77. The Bertz CT molecular complexity index is 863. The molecule has 1 aromatic carbocycles. The summed E-state index contributed by atoms with van der Waals surface area (Å²) in [6.45, 7) is 3.63. The van der Waals surface area contributed by atoms with Gasteiger partial charge in [-0.15, -0.1) is 0 Å². The van der Waals surface area contributed by atoms with Crippen LogP contribution in [0.3, 0.4) is 0 Å². The number of aryl methyl sites for hydroxylation is 2. The van der Waals surface area contributed by atoms with Gasteiger partial charge in [0.15, 0.2) is 0 Å². The Hall–Kier alpha value is -2.39. The summed E-state index contributed by atoms with van der Waals surface area (Å²) in [5, 5.41) is 6.77. The van der Waals surface area contributed by atoms with Crippen molar-refractivity contribution in [2.75, 3.05) is 6.54 Å². The largest absolute Gasteiger partial charge is 0.416 e. The highest BCUT2D eigenvalue weighted by Gasteiger charge is 2.35. The minimum Gasteiger partial charge on any atom is -0.364 e. The summed E-state index contributed by atoms with van der Waals surface area (Å²) >= 11 is 0. The van der Waals surface area contributed by atoms with Crippen LogP contribution >= 0.6 is 0 Å². The number of ether oxygens (including phenoxy) is 1. The number of nitrogens with zero attached hydrogens (tertiary/aromatic N) is 2. The molecule has 9 heteroatoms. The Morgan fingerprint density at radius 1 is 1.32 bits per heavy atom. The maximum absolute atomic E-state index is 13.6. The van der Waals surface area contributed by atoms with Gasteiger partial charge in [0, 0.05) is 18.8 Å². The van der Waals surface area contributed by atoms with Crippen molar-refractivity contribution in [1.29, 1.82) is 0 Å². The van der Waals surface area contributed by atoms with Gasteiger partial charge in [-0.25, -0.2) is 4.68 Å². The van der Waals surface area contributed by atoms with Gasteiger partial charge in [0.1, 0.15) is 6.10 Å². The molecule has 1 aliphatic heterocycles. The third kappa shape index (κ3) is 4.36. The van der Waals surface area contributed by atoms with Crippen LogP contribution in [-0.4, -0.2) is 34.4 Å². The van der Waals surface area contributed by atoms with Crippen molar-refractivity contribution >= 4 is 5.91 Å². The van der Waals surface area contributed by atoms with Crippen LogP contribution in [0.4, 0.5) is 13.2 Å². The zero-order valence-corrected chi connectivity index (χ0v) is 15.7. The molecule has 0 saturated carbocycles. The van der Waals surface area contributed by atoms with Gasteiger partial charge in [-0.2, -0.15) is 18.3 Å². The predicted molar refractivity (Wildman–Crippen MR) is 96.8 cm³/mol. The molecule has 1 saturated heterocycles. The van der Waals surface area contributed by atoms with E-state index in [4.69, 9.17) is 10.5 Å². The first-order valence-corrected chi connectivity index (χ1v) is 9.06. The van der Waals surface area contributed by atoms with Gasteiger partial charge in [-0.1, -0.05) is 6.07 Å². The van der Waals surface area contributed by atoms with Crippen LogP contribution in [0.25, 0.3) is 5.69 Å². The molecule has 1 aromatic heterocycles. The van der Waals surface area contributed by atoms with E-state index in [1.54, 1.807) is 26.0 Å². The lowest BCUT2D eigenvalue weighted by atomic mass is 10.1. The first-order chi connectivity index (χ1) is 13.2. The number of carbonyl (C=O) groups is 1. The van der Waals surface area contributed by atoms with Crippen molar-refractivity contribution in [2.45, 2.75) is 51.6 Å². The lowest BCUT2D eigenvalue weighted by molar-refractivity contribution is -0.139. The van der Waals surface area contributed by atoms with Gasteiger partial charge in [0.25, 0.3) is 0 Å². The lowest BCUT2D eigenvalue weighted by Crippen LogP contribution is -2.35. The number of hydrogen-bond acceptors (Lipinski definition) is 4. The van der Waals surface area contributed by atoms with Gasteiger partial charge in [0.05, 0.1) is 23.0 Å². The number of hydrogen-bond donors (Lipinski definition) is 2. The van der Waals surface area contributed by atoms with Gasteiger partial charge in [-0.05, 0) is 50.5 Å². The SMILES string of the molecule is Cc1cc(C)n(-c2ccc(CNC(=O)[C@@H]3CC[C@H](CN)O3)c(C(F)(F)F)c2)n1. The average molecular weight is 396 g/mol. The molecule has 3 rings (SSSR count). The number of nitrogens with two attached hydrogens (primary N) is 1. The Balaban J connectivity index is 1.79. The minimum atomic E-state index is -4.55. The number of alkyl halides is 3. The van der Waals surface area contributed by atoms with Crippen molar-refractivity contribution in [1.82, 2.24) is 15.1 Å². The molecule has 1 amide bonds. The van der Waals surface area contributed by atoms with Crippen molar-refractivity contribution in [3.05, 3.63) is 46.8 Å². The number of aromatic nitrogens is 2. The van der Waals surface area contributed by atoms with Crippen LogP contribution in [0, 0.1) is 13.8 Å². The van der Waals surface area contributed by atoms with E-state index in [9.17, 15) is 18.0 Å². The van der Waals surface area contributed by atoms with E-state index < -0.39 is 23.8 Å². The molecule has 2 aromatic rings. The molecule has 6 nitrogen and oxygen atoms in total. The Morgan fingerprint density at radius 3 is 2.64 bits per heavy atom. The summed E-state index contributed by atoms with van der Waals surface area (Å²) in [5.41, 5.74) is 6.47. The Kier molecular flexibility index (Phi) is 5.76. The molecular formula is C19H23F3N4O2. The second kappa shape index (κ2) is 7.92. The van der Waals surface area contributed by atoms with Crippen molar-refractivity contribution in [3.8, 4) is 5.69 Å². The topological polar surface area (TPSA) is 82.2 Å². The standard InChI is InChI=1S/C19H23F3N4O2/c1-11-7-12(2)26(25-11)14-4-3-13(16(8-14)19(20,21)22)10-24-18(27)17-6-5-15(9-23)28-17/h3-4,7-8,15,17H,5-6,9-10,23H2,1-2H3,(H,24,27)/t15-,17+/m1/s1. The van der Waals surface area contributed by atoms with Gasteiger partial charge >= 0.3 is 6.18 Å². The van der Waals surface area contributed by atoms with Gasteiger partial charge in [0.2, 0.25) is 5.91 Å². The van der Waals surface area contributed by atoms with E-state index in [1.807, 2.05) is 0 Å². The third-order valence-corrected chi connectivity index (χ3v) is 4.77. The van der Waals surface area contributed by atoms with E-state index >= 15 is 0 Å². The molecule has 0 aliphatic carbocycles. The number of amides is 1. The molecule has 1 aliphatic rings. The molecule has 1 fully saturated rings. The molecule has 2 heterocycles. The molecule has 3 N–H and O–H groups in total. The molecule has 28 heavy (non-hydrogen) atoms. The monoisotopic (exact) mass is 396 g/mol. The molecule has 0 bridgehead atoms. The average Bonchev–Trinajstić information content (AvgIpc) is 3.25. The summed E-state index contributed by atoms with van der Waals surface area (Å²) in [5.74, 6) is -0.424. The molecule has 152 valence electrons. The van der Waals surface area contributed by atoms with Crippen LogP contribution in [0.2, 0.25) is 0 Å². The van der Waals surface area contributed by atoms with Crippen LogP contribution in [0.1, 0.15) is 35.4 Å². The Labute approximate surface area is 160 Å². The molecule has 0 unspecified atom stereocenters. The quantitative estimate of drug-likeness (QED) is 0.814. The first-order valence-electron chi connectivity index (χ1n) is 9.06. The first kappa shape index (κ1) is 20.3. The minimum absolute atomic E-state index is 0.0143. The highest BCUT2D eigenvalue weighted by molar-refractivity contribution is 5.81. The lowest BCUT2D eigenvalue weighted by Gasteiger charge is -2.17. The molecular weight excluding hydrogens is 373 g/mol. The van der Waals surface area contributed by atoms with Crippen LogP contribution in [-0.2, 0) is 22.3 Å². The van der Waals surface area contributed by atoms with Gasteiger partial charge < -0.3 is 15.8 Å². The number of halogens is 3. The fourth-order valence-corrected chi connectivity index (χ4v) is 3.37. The van der Waals surface area contributed by atoms with Crippen molar-refractivity contribution in [2.24, 2.45) is 5.73 Å². The second-order valence-corrected chi connectivity index (χ2v) is 6.96. The van der Waals surface area contributed by atoms with Crippen molar-refractivity contribution in [3.63, 3.8) is 0 Å². The van der Waals surface area contributed by atoms with Crippen LogP contribution in [0.5, 0.6) is 0 Å². The highest BCUT2D eigenvalue weighted by Crippen LogP contribution is 2.33. The summed E-state index contributed by atoms with van der Waals surface area (Å²) < 4.78 is 47.7. The second-order valence-electron chi connectivity index (χ2n) is 6.96. The smallest absolute Gasteiger partial charge is 0.364 e. The maximum atomic E-state index is 13.6. The summed E-state index contributed by atoms with van der Waals surface area (Å²) in [6, 6.07) is 5.77. The fourth-order valence-electron chi connectivity index (χ4n) is 3.37. The molecule has 0 spiro atoms. The molecule has 0 radical (unpaired) electrons. The number of nitrogens with one attached hydrogen (secondary N) is 1. The summed E-state index contributed by atoms with van der Waals surface area (Å²) in [4.78, 5) is 12.2. The maximum Gasteiger partial charge on any atom is 0.416 e. The van der Waals surface area contributed by atoms with Crippen molar-refractivity contribution < 1.29 is 22.7 Å². The number of rotatable bonds is 5. The number of benzene rings is 1. The van der Waals surface area contributed by atoms with E-state index in [1.165, 1.54) is 10.7 Å². The van der Waals surface area contributed by atoms with E-state index in [0.29, 0.717) is 25.1 Å². The predicted octanol–water partition coefficient (Wildman–Crippen LogP) is 2.63. The summed E-state index contributed by atoms with van der Waals surface area (Å²) in [7, 11) is 0. The van der Waals surface area contributed by atoms with E-state index in [2.05, 4.69) is 10.4 Å². The fraction of sp³-hybridized carbons (Fsp3) is 0.474. The highest BCUT2D eigenvalue weighted by atomic mass is 19.4. The van der Waals surface area contributed by atoms with E-state index in [-0.39, 0.29) is 18.2 Å². The zero-order chi connectivity index (χ0) is 20.5. The van der Waals surface area contributed by atoms with Crippen LogP contribution in [0.15, 0.2) is 24.3 Å². The van der Waals surface area contributed by atoms with E-state index in [0.717, 1.165) is 17.5 Å². The molecule has 2 atom stereocenters. The van der Waals surface area contributed by atoms with Gasteiger partial charge in [-0.3, -0.25) is 4.79 Å². The summed E-state index contributed by atoms with van der Waals surface area (Å²) in [6.07, 6.45) is -4.23. The zero-order valence-electron chi connectivity index (χ0n) is 15.7. The Morgan fingerprint density at radius 2 is 2.07 bits per heavy atom.